The van der Waals surface area contributed by atoms with Gasteiger partial charge in [0.05, 0.1) is 5.70 Å². The SMILES string of the molecule is C=CCN1C(c2ccc(C)cc2)=CS/C1=C(/C#N)c1nnc2n1CCCCC2. The lowest BCUT2D eigenvalue weighted by molar-refractivity contribution is 0.586. The molecule has 0 spiro atoms. The zero-order chi connectivity index (χ0) is 19.5. The Morgan fingerprint density at radius 3 is 2.82 bits per heavy atom. The van der Waals surface area contributed by atoms with Gasteiger partial charge < -0.3 is 9.47 Å². The molecule has 2 aromatic rings. The maximum absolute atomic E-state index is 10.0. The van der Waals surface area contributed by atoms with Gasteiger partial charge in [-0.25, -0.2) is 0 Å². The second-order valence-electron chi connectivity index (χ2n) is 7.08. The van der Waals surface area contributed by atoms with Gasteiger partial charge in [0.2, 0.25) is 0 Å². The molecule has 6 heteroatoms. The Kier molecular flexibility index (Phi) is 5.36. The van der Waals surface area contributed by atoms with E-state index in [4.69, 9.17) is 0 Å². The number of rotatable bonds is 4. The summed E-state index contributed by atoms with van der Waals surface area (Å²) in [5, 5.41) is 21.8. The number of allylic oxidation sites excluding steroid dienone is 1. The molecule has 2 aliphatic rings. The molecule has 0 N–H and O–H groups in total. The fraction of sp³-hybridized carbons (Fsp3) is 0.318. The molecule has 1 aromatic carbocycles. The maximum atomic E-state index is 10.0. The van der Waals surface area contributed by atoms with Crippen LogP contribution in [0.2, 0.25) is 0 Å². The van der Waals surface area contributed by atoms with Gasteiger partial charge in [-0.15, -0.1) is 16.8 Å². The van der Waals surface area contributed by atoms with Crippen molar-refractivity contribution in [3.05, 3.63) is 70.1 Å². The van der Waals surface area contributed by atoms with Crippen molar-refractivity contribution < 1.29 is 0 Å². The predicted molar refractivity (Wildman–Crippen MR) is 114 cm³/mol. The third-order valence-corrected chi connectivity index (χ3v) is 6.12. The summed E-state index contributed by atoms with van der Waals surface area (Å²) in [5.41, 5.74) is 4.03. The summed E-state index contributed by atoms with van der Waals surface area (Å²) in [5.74, 6) is 1.68. The number of nitrogens with zero attached hydrogens (tertiary/aromatic N) is 5. The molecule has 0 amide bonds. The summed E-state index contributed by atoms with van der Waals surface area (Å²) < 4.78 is 2.13. The predicted octanol–water partition coefficient (Wildman–Crippen LogP) is 4.74. The number of thioether (sulfide) groups is 1. The fourth-order valence-corrected chi connectivity index (χ4v) is 4.71. The van der Waals surface area contributed by atoms with E-state index in [1.165, 1.54) is 12.0 Å². The molecule has 0 bridgehead atoms. The van der Waals surface area contributed by atoms with Gasteiger partial charge in [0.1, 0.15) is 22.5 Å². The van der Waals surface area contributed by atoms with Crippen molar-refractivity contribution in [2.24, 2.45) is 0 Å². The van der Waals surface area contributed by atoms with E-state index in [0.29, 0.717) is 17.9 Å². The summed E-state index contributed by atoms with van der Waals surface area (Å²) in [6, 6.07) is 10.9. The Bertz CT molecular complexity index is 991. The maximum Gasteiger partial charge on any atom is 0.177 e. The van der Waals surface area contributed by atoms with Gasteiger partial charge in [0.25, 0.3) is 0 Å². The lowest BCUT2D eigenvalue weighted by atomic mass is 10.1. The number of aryl methyl sites for hydroxylation is 2. The molecule has 2 aliphatic heterocycles. The molecule has 1 aromatic heterocycles. The molecule has 0 saturated heterocycles. The summed E-state index contributed by atoms with van der Waals surface area (Å²) in [7, 11) is 0. The van der Waals surface area contributed by atoms with Crippen LogP contribution in [0.5, 0.6) is 0 Å². The number of nitriles is 1. The Morgan fingerprint density at radius 2 is 2.07 bits per heavy atom. The van der Waals surface area contributed by atoms with E-state index in [9.17, 15) is 5.26 Å². The van der Waals surface area contributed by atoms with Crippen molar-refractivity contribution in [3.8, 4) is 6.07 Å². The van der Waals surface area contributed by atoms with Crippen molar-refractivity contribution in [2.45, 2.75) is 39.2 Å². The molecule has 3 heterocycles. The van der Waals surface area contributed by atoms with Crippen LogP contribution in [0.3, 0.4) is 0 Å². The lowest BCUT2D eigenvalue weighted by Crippen LogP contribution is -2.18. The highest BCUT2D eigenvalue weighted by Gasteiger charge is 2.28. The smallest absolute Gasteiger partial charge is 0.177 e. The van der Waals surface area contributed by atoms with Crippen molar-refractivity contribution in [1.82, 2.24) is 19.7 Å². The molecule has 4 rings (SSSR count). The number of fused-ring (bicyclic) bond motifs is 1. The summed E-state index contributed by atoms with van der Waals surface area (Å²) in [4.78, 5) is 2.15. The monoisotopic (exact) mass is 389 g/mol. The first-order chi connectivity index (χ1) is 13.7. The normalized spacial score (nSPS) is 18.1. The highest BCUT2D eigenvalue weighted by molar-refractivity contribution is 8.06. The summed E-state index contributed by atoms with van der Waals surface area (Å²) >= 11 is 1.58. The van der Waals surface area contributed by atoms with Crippen LogP contribution in [-0.2, 0) is 13.0 Å². The van der Waals surface area contributed by atoms with Crippen LogP contribution >= 0.6 is 11.8 Å². The lowest BCUT2D eigenvalue weighted by Gasteiger charge is -2.23. The van der Waals surface area contributed by atoms with Gasteiger partial charge in [-0.3, -0.25) is 0 Å². The van der Waals surface area contributed by atoms with E-state index in [2.05, 4.69) is 68.9 Å². The molecule has 0 aliphatic carbocycles. The summed E-state index contributed by atoms with van der Waals surface area (Å²) in [6.45, 7) is 7.51. The Labute approximate surface area is 170 Å². The molecule has 0 unspecified atom stereocenters. The van der Waals surface area contributed by atoms with E-state index in [0.717, 1.165) is 47.9 Å². The second kappa shape index (κ2) is 8.07. The van der Waals surface area contributed by atoms with Crippen LogP contribution in [-0.4, -0.2) is 26.2 Å². The van der Waals surface area contributed by atoms with Crippen LogP contribution in [0.1, 0.15) is 42.0 Å². The van der Waals surface area contributed by atoms with Gasteiger partial charge in [-0.2, -0.15) is 5.26 Å². The standard InChI is InChI=1S/C22H23N5S/c1-3-12-26-19(17-10-8-16(2)9-11-17)15-28-22(26)18(14-23)21-25-24-20-7-5-4-6-13-27(20)21/h3,8-11,15H,1,4-7,12-13H2,2H3/b22-18-. The van der Waals surface area contributed by atoms with E-state index < -0.39 is 0 Å². The number of benzene rings is 1. The third kappa shape index (κ3) is 3.38. The average molecular weight is 390 g/mol. The number of hydrogen-bond donors (Lipinski definition) is 0. The third-order valence-electron chi connectivity index (χ3n) is 5.14. The zero-order valence-electron chi connectivity index (χ0n) is 16.1. The minimum absolute atomic E-state index is 0.589. The molecule has 28 heavy (non-hydrogen) atoms. The first kappa shape index (κ1) is 18.6. The van der Waals surface area contributed by atoms with Crippen LogP contribution in [0.15, 0.2) is 47.4 Å². The molecule has 0 atom stereocenters. The van der Waals surface area contributed by atoms with Crippen molar-refractivity contribution >= 4 is 23.0 Å². The van der Waals surface area contributed by atoms with Gasteiger partial charge in [0.15, 0.2) is 5.82 Å². The van der Waals surface area contributed by atoms with Gasteiger partial charge in [-0.05, 0) is 25.3 Å². The minimum atomic E-state index is 0.589. The highest BCUT2D eigenvalue weighted by atomic mass is 32.2. The highest BCUT2D eigenvalue weighted by Crippen LogP contribution is 2.43. The van der Waals surface area contributed by atoms with Gasteiger partial charge >= 0.3 is 0 Å². The van der Waals surface area contributed by atoms with Crippen LogP contribution in [0.25, 0.3) is 11.3 Å². The summed E-state index contributed by atoms with van der Waals surface area (Å²) in [6.07, 6.45) is 6.22. The number of hydrogen-bond acceptors (Lipinski definition) is 5. The Hall–Kier alpha value is -2.78. The number of aromatic nitrogens is 3. The second-order valence-corrected chi connectivity index (χ2v) is 7.94. The Morgan fingerprint density at radius 1 is 1.25 bits per heavy atom. The quantitative estimate of drug-likeness (QED) is 0.558. The molecule has 0 fully saturated rings. The zero-order valence-corrected chi connectivity index (χ0v) is 16.9. The molecule has 142 valence electrons. The van der Waals surface area contributed by atoms with Gasteiger partial charge in [0, 0.05) is 24.9 Å². The van der Waals surface area contributed by atoms with Crippen molar-refractivity contribution in [1.29, 1.82) is 5.26 Å². The first-order valence-corrected chi connectivity index (χ1v) is 10.5. The van der Waals surface area contributed by atoms with Crippen LogP contribution < -0.4 is 0 Å². The molecular formula is C22H23N5S. The van der Waals surface area contributed by atoms with Crippen molar-refractivity contribution in [3.63, 3.8) is 0 Å². The van der Waals surface area contributed by atoms with E-state index in [-0.39, 0.29) is 0 Å². The topological polar surface area (TPSA) is 57.7 Å². The fourth-order valence-electron chi connectivity index (χ4n) is 3.66. The van der Waals surface area contributed by atoms with Crippen LogP contribution in [0.4, 0.5) is 0 Å². The van der Waals surface area contributed by atoms with E-state index in [1.807, 2.05) is 6.08 Å². The minimum Gasteiger partial charge on any atom is -0.330 e. The molecule has 5 nitrogen and oxygen atoms in total. The molecule has 0 radical (unpaired) electrons. The largest absolute Gasteiger partial charge is 0.330 e. The molecule has 0 saturated carbocycles. The Balaban J connectivity index is 1.77. The van der Waals surface area contributed by atoms with E-state index in [1.54, 1.807) is 11.8 Å². The first-order valence-electron chi connectivity index (χ1n) is 9.62. The van der Waals surface area contributed by atoms with E-state index >= 15 is 0 Å². The molecular weight excluding hydrogens is 366 g/mol. The van der Waals surface area contributed by atoms with Crippen LogP contribution in [0, 0.1) is 18.3 Å². The average Bonchev–Trinajstić information content (AvgIpc) is 3.21. The van der Waals surface area contributed by atoms with Crippen molar-refractivity contribution in [2.75, 3.05) is 6.54 Å². The van der Waals surface area contributed by atoms with Gasteiger partial charge in [-0.1, -0.05) is 54.1 Å².